The van der Waals surface area contributed by atoms with Gasteiger partial charge in [0, 0.05) is 10.4 Å². The summed E-state index contributed by atoms with van der Waals surface area (Å²) < 4.78 is 19.0. The molecule has 2 nitrogen and oxygen atoms in total. The lowest BCUT2D eigenvalue weighted by atomic mass is 10.0. The van der Waals surface area contributed by atoms with Crippen molar-refractivity contribution in [3.8, 4) is 0 Å². The van der Waals surface area contributed by atoms with Crippen molar-refractivity contribution < 1.29 is 8.81 Å². The zero-order valence-electron chi connectivity index (χ0n) is 10.6. The van der Waals surface area contributed by atoms with Gasteiger partial charge in [0.1, 0.15) is 17.2 Å². The van der Waals surface area contributed by atoms with Crippen molar-refractivity contribution in [1.82, 2.24) is 0 Å². The van der Waals surface area contributed by atoms with E-state index in [2.05, 4.69) is 0 Å². The summed E-state index contributed by atoms with van der Waals surface area (Å²) in [6, 6.07) is 13.5. The molecule has 2 aromatic carbocycles. The van der Waals surface area contributed by atoms with Crippen molar-refractivity contribution in [2.24, 2.45) is 5.73 Å². The number of furan rings is 1. The fraction of sp³-hybridized carbons (Fsp3) is 0.125. The van der Waals surface area contributed by atoms with E-state index >= 15 is 0 Å². The molecule has 4 heteroatoms. The number of halogens is 2. The van der Waals surface area contributed by atoms with Crippen molar-refractivity contribution in [2.75, 3.05) is 0 Å². The van der Waals surface area contributed by atoms with E-state index in [0.717, 1.165) is 11.0 Å². The molecule has 2 N–H and O–H groups in total. The molecule has 3 rings (SSSR count). The summed E-state index contributed by atoms with van der Waals surface area (Å²) in [5, 5.41) is 1.52. The first-order chi connectivity index (χ1) is 9.63. The van der Waals surface area contributed by atoms with Crippen LogP contribution < -0.4 is 5.73 Å². The van der Waals surface area contributed by atoms with Gasteiger partial charge in [0.15, 0.2) is 0 Å². The van der Waals surface area contributed by atoms with E-state index in [-0.39, 0.29) is 11.9 Å². The van der Waals surface area contributed by atoms with Gasteiger partial charge in [-0.05, 0) is 42.3 Å². The third-order valence-corrected chi connectivity index (χ3v) is 3.63. The van der Waals surface area contributed by atoms with E-state index in [0.29, 0.717) is 22.8 Å². The number of para-hydroxylation sites is 1. The van der Waals surface area contributed by atoms with Gasteiger partial charge in [-0.3, -0.25) is 0 Å². The van der Waals surface area contributed by atoms with Crippen LogP contribution in [-0.2, 0) is 6.42 Å². The summed E-state index contributed by atoms with van der Waals surface area (Å²) in [5.41, 5.74) is 7.61. The monoisotopic (exact) mass is 289 g/mol. The lowest BCUT2D eigenvalue weighted by Crippen LogP contribution is -2.12. The maximum Gasteiger partial charge on any atom is 0.134 e. The molecule has 20 heavy (non-hydrogen) atoms. The smallest absolute Gasteiger partial charge is 0.134 e. The van der Waals surface area contributed by atoms with Crippen LogP contribution >= 0.6 is 11.6 Å². The minimum Gasteiger partial charge on any atom is -0.459 e. The number of hydrogen-bond donors (Lipinski definition) is 1. The molecule has 0 aliphatic heterocycles. The number of hydrogen-bond acceptors (Lipinski definition) is 2. The summed E-state index contributed by atoms with van der Waals surface area (Å²) >= 11 is 6.05. The Hall–Kier alpha value is -1.84. The molecule has 0 aliphatic carbocycles. The van der Waals surface area contributed by atoms with E-state index in [9.17, 15) is 4.39 Å². The van der Waals surface area contributed by atoms with E-state index in [1.54, 1.807) is 0 Å². The fourth-order valence-corrected chi connectivity index (χ4v) is 2.42. The second kappa shape index (κ2) is 5.27. The van der Waals surface area contributed by atoms with Crippen LogP contribution in [0.4, 0.5) is 4.39 Å². The van der Waals surface area contributed by atoms with Crippen LogP contribution in [0.1, 0.15) is 17.4 Å². The van der Waals surface area contributed by atoms with Crippen molar-refractivity contribution >= 4 is 22.6 Å². The SMILES string of the molecule is NC(Cc1cc(F)ccc1Cl)c1cc2ccccc2o1. The Bertz CT molecular complexity index is 720. The molecule has 1 aromatic heterocycles. The van der Waals surface area contributed by atoms with Crippen molar-refractivity contribution in [3.05, 3.63) is 70.7 Å². The number of fused-ring (bicyclic) bond motifs is 1. The fourth-order valence-electron chi connectivity index (χ4n) is 2.22. The largest absolute Gasteiger partial charge is 0.459 e. The number of benzene rings is 2. The molecule has 0 bridgehead atoms. The van der Waals surface area contributed by atoms with E-state index < -0.39 is 0 Å². The van der Waals surface area contributed by atoms with Gasteiger partial charge in [0.2, 0.25) is 0 Å². The number of nitrogens with two attached hydrogens (primary N) is 1. The Morgan fingerprint density at radius 1 is 1.15 bits per heavy atom. The third-order valence-electron chi connectivity index (χ3n) is 3.26. The zero-order chi connectivity index (χ0) is 14.1. The van der Waals surface area contributed by atoms with Gasteiger partial charge >= 0.3 is 0 Å². The van der Waals surface area contributed by atoms with Crippen LogP contribution in [0.2, 0.25) is 5.02 Å². The molecule has 0 spiro atoms. The minimum absolute atomic E-state index is 0.318. The second-order valence-electron chi connectivity index (χ2n) is 4.73. The Morgan fingerprint density at radius 2 is 1.95 bits per heavy atom. The van der Waals surface area contributed by atoms with Crippen LogP contribution in [0.5, 0.6) is 0 Å². The molecule has 3 aromatic rings. The molecule has 0 aliphatic rings. The molecule has 0 fully saturated rings. The Balaban J connectivity index is 1.88. The Labute approximate surface area is 121 Å². The molecular formula is C16H13ClFNO. The normalized spacial score (nSPS) is 12.8. The summed E-state index contributed by atoms with van der Waals surface area (Å²) in [5.74, 6) is 0.354. The van der Waals surface area contributed by atoms with Crippen LogP contribution in [-0.4, -0.2) is 0 Å². The minimum atomic E-state index is -0.360. The predicted molar refractivity (Wildman–Crippen MR) is 78.3 cm³/mol. The average molecular weight is 290 g/mol. The van der Waals surface area contributed by atoms with E-state index in [4.69, 9.17) is 21.8 Å². The molecule has 1 unspecified atom stereocenters. The highest BCUT2D eigenvalue weighted by atomic mass is 35.5. The summed E-state index contributed by atoms with van der Waals surface area (Å²) in [4.78, 5) is 0. The maximum atomic E-state index is 13.2. The van der Waals surface area contributed by atoms with Gasteiger partial charge in [0.05, 0.1) is 6.04 Å². The standard InChI is InChI=1S/C16H13ClFNO/c17-13-6-5-12(18)7-11(13)8-14(19)16-9-10-3-1-2-4-15(10)20-16/h1-7,9,14H,8,19H2. The maximum absolute atomic E-state index is 13.2. The molecule has 0 amide bonds. The zero-order valence-corrected chi connectivity index (χ0v) is 11.4. The van der Waals surface area contributed by atoms with Gasteiger partial charge in [-0.15, -0.1) is 0 Å². The number of rotatable bonds is 3. The van der Waals surface area contributed by atoms with Gasteiger partial charge in [-0.1, -0.05) is 29.8 Å². The molecule has 1 atom stereocenters. The van der Waals surface area contributed by atoms with Crippen molar-refractivity contribution in [3.63, 3.8) is 0 Å². The van der Waals surface area contributed by atoms with Gasteiger partial charge < -0.3 is 10.2 Å². The molecular weight excluding hydrogens is 277 g/mol. The Kier molecular flexibility index (Phi) is 3.47. The lowest BCUT2D eigenvalue weighted by Gasteiger charge is -2.10. The molecule has 0 saturated heterocycles. The second-order valence-corrected chi connectivity index (χ2v) is 5.14. The van der Waals surface area contributed by atoms with Crippen molar-refractivity contribution in [2.45, 2.75) is 12.5 Å². The van der Waals surface area contributed by atoms with Crippen molar-refractivity contribution in [1.29, 1.82) is 0 Å². The van der Waals surface area contributed by atoms with Crippen LogP contribution in [0.15, 0.2) is 52.9 Å². The summed E-state index contributed by atoms with van der Waals surface area (Å²) in [6.07, 6.45) is 0.427. The van der Waals surface area contributed by atoms with E-state index in [1.807, 2.05) is 30.3 Å². The van der Waals surface area contributed by atoms with Crippen LogP contribution in [0, 0.1) is 5.82 Å². The highest BCUT2D eigenvalue weighted by Crippen LogP contribution is 2.27. The van der Waals surface area contributed by atoms with Gasteiger partial charge in [-0.2, -0.15) is 0 Å². The Morgan fingerprint density at radius 3 is 2.75 bits per heavy atom. The highest BCUT2D eigenvalue weighted by Gasteiger charge is 2.14. The summed E-state index contributed by atoms with van der Waals surface area (Å²) in [7, 11) is 0. The first kappa shape index (κ1) is 13.2. The topological polar surface area (TPSA) is 39.2 Å². The first-order valence-electron chi connectivity index (χ1n) is 6.31. The molecule has 0 radical (unpaired) electrons. The predicted octanol–water partition coefficient (Wildman–Crippen LogP) is 4.47. The van der Waals surface area contributed by atoms with Crippen LogP contribution in [0.3, 0.4) is 0 Å². The molecule has 1 heterocycles. The third kappa shape index (κ3) is 2.55. The summed E-state index contributed by atoms with van der Waals surface area (Å²) in [6.45, 7) is 0. The molecule has 0 saturated carbocycles. The quantitative estimate of drug-likeness (QED) is 0.773. The van der Waals surface area contributed by atoms with Gasteiger partial charge in [-0.25, -0.2) is 4.39 Å². The lowest BCUT2D eigenvalue weighted by molar-refractivity contribution is 0.493. The van der Waals surface area contributed by atoms with Gasteiger partial charge in [0.25, 0.3) is 0 Å². The highest BCUT2D eigenvalue weighted by molar-refractivity contribution is 6.31. The first-order valence-corrected chi connectivity index (χ1v) is 6.69. The molecule has 102 valence electrons. The average Bonchev–Trinajstić information content (AvgIpc) is 2.87. The van der Waals surface area contributed by atoms with Crippen LogP contribution in [0.25, 0.3) is 11.0 Å². The van der Waals surface area contributed by atoms with E-state index in [1.165, 1.54) is 18.2 Å².